The average molecular weight is 438 g/mol. The summed E-state index contributed by atoms with van der Waals surface area (Å²) < 4.78 is 1.66. The van der Waals surface area contributed by atoms with Gasteiger partial charge in [-0.3, -0.25) is 4.79 Å². The smallest absolute Gasteiger partial charge is 0.227 e. The van der Waals surface area contributed by atoms with Crippen LogP contribution in [0.3, 0.4) is 0 Å². The number of carbonyl (C=O) groups excluding carboxylic acids is 1. The quantitative estimate of drug-likeness (QED) is 0.326. The number of aromatic amines is 1. The van der Waals surface area contributed by atoms with E-state index in [4.69, 9.17) is 0 Å². The normalized spacial score (nSPS) is 12.9. The van der Waals surface area contributed by atoms with Gasteiger partial charge >= 0.3 is 0 Å². The molecular formula is C26H39N5O. The molecule has 2 aromatic heterocycles. The lowest BCUT2D eigenvalue weighted by Gasteiger charge is -2.16. The summed E-state index contributed by atoms with van der Waals surface area (Å²) in [7, 11) is 0. The van der Waals surface area contributed by atoms with Gasteiger partial charge in [0, 0.05) is 28.7 Å². The predicted molar refractivity (Wildman–Crippen MR) is 132 cm³/mol. The lowest BCUT2D eigenvalue weighted by atomic mass is 9.93. The van der Waals surface area contributed by atoms with E-state index in [9.17, 15) is 4.79 Å². The first-order valence-electron chi connectivity index (χ1n) is 12.2. The Kier molecular flexibility index (Phi) is 8.10. The van der Waals surface area contributed by atoms with Crippen molar-refractivity contribution in [2.24, 2.45) is 5.92 Å². The standard InChI is InChI=1S/C26H39N5O/c1-6-8-10-11-13-20(12-9-7-2)25(32)27-21-16-14-19(15-17-21)24-28-23-18-22(26(3,4)5)29-31(23)30-24/h14-18,20H,6-13H2,1-5H3,(H,27,32)(H,28,30). The van der Waals surface area contributed by atoms with Gasteiger partial charge in [-0.25, -0.2) is 0 Å². The zero-order chi connectivity index (χ0) is 23.1. The molecule has 1 aromatic carbocycles. The molecule has 0 bridgehead atoms. The molecule has 6 heteroatoms. The van der Waals surface area contributed by atoms with Crippen LogP contribution >= 0.6 is 0 Å². The fourth-order valence-corrected chi connectivity index (χ4v) is 3.90. The number of nitrogens with zero attached hydrogens (tertiary/aromatic N) is 3. The van der Waals surface area contributed by atoms with E-state index in [1.54, 1.807) is 4.63 Å². The molecule has 0 saturated heterocycles. The zero-order valence-electron chi connectivity index (χ0n) is 20.4. The van der Waals surface area contributed by atoms with Gasteiger partial charge in [0.25, 0.3) is 0 Å². The first kappa shape index (κ1) is 24.0. The number of anilines is 1. The van der Waals surface area contributed by atoms with Gasteiger partial charge in [0.15, 0.2) is 11.5 Å². The van der Waals surface area contributed by atoms with Crippen LogP contribution in [0.25, 0.3) is 17.0 Å². The molecule has 0 radical (unpaired) electrons. The summed E-state index contributed by atoms with van der Waals surface area (Å²) in [6, 6.07) is 9.92. The number of aromatic nitrogens is 4. The van der Waals surface area contributed by atoms with Gasteiger partial charge < -0.3 is 10.3 Å². The molecule has 1 atom stereocenters. The van der Waals surface area contributed by atoms with Crippen molar-refractivity contribution in [2.75, 3.05) is 5.32 Å². The van der Waals surface area contributed by atoms with Gasteiger partial charge in [0.1, 0.15) is 0 Å². The van der Waals surface area contributed by atoms with Gasteiger partial charge in [0.05, 0.1) is 5.69 Å². The van der Waals surface area contributed by atoms with E-state index in [0.29, 0.717) is 0 Å². The summed E-state index contributed by atoms with van der Waals surface area (Å²) in [6.45, 7) is 10.8. The molecule has 0 aliphatic rings. The molecule has 0 fully saturated rings. The molecule has 3 rings (SSSR count). The largest absolute Gasteiger partial charge is 0.326 e. The SMILES string of the molecule is CCCCCCC(CCCC)C(=O)Nc1ccc(-c2nn3nc(C(C)(C)C)cc3[nH]2)cc1. The first-order valence-corrected chi connectivity index (χ1v) is 12.2. The van der Waals surface area contributed by atoms with Gasteiger partial charge in [-0.1, -0.05) is 73.1 Å². The molecule has 2 N–H and O–H groups in total. The third-order valence-corrected chi connectivity index (χ3v) is 6.01. The minimum atomic E-state index is -0.0143. The highest BCUT2D eigenvalue weighted by molar-refractivity contribution is 5.92. The van der Waals surface area contributed by atoms with Crippen LogP contribution in [0.1, 0.15) is 91.7 Å². The predicted octanol–water partition coefficient (Wildman–Crippen LogP) is 6.74. The van der Waals surface area contributed by atoms with Gasteiger partial charge in [0.2, 0.25) is 5.91 Å². The van der Waals surface area contributed by atoms with E-state index < -0.39 is 0 Å². The molecule has 0 saturated carbocycles. The minimum absolute atomic E-state index is 0.0143. The van der Waals surface area contributed by atoms with E-state index in [2.05, 4.69) is 55.1 Å². The Morgan fingerprint density at radius 3 is 2.31 bits per heavy atom. The Labute approximate surface area is 192 Å². The number of amides is 1. The number of hydrogen-bond acceptors (Lipinski definition) is 3. The monoisotopic (exact) mass is 437 g/mol. The number of hydrogen-bond donors (Lipinski definition) is 2. The van der Waals surface area contributed by atoms with Gasteiger partial charge in [-0.15, -0.1) is 9.73 Å². The lowest BCUT2D eigenvalue weighted by Crippen LogP contribution is -2.23. The van der Waals surface area contributed by atoms with Crippen LogP contribution in [0.15, 0.2) is 30.3 Å². The van der Waals surface area contributed by atoms with Gasteiger partial charge in [-0.2, -0.15) is 5.10 Å². The van der Waals surface area contributed by atoms with E-state index >= 15 is 0 Å². The van der Waals surface area contributed by atoms with Gasteiger partial charge in [-0.05, 0) is 37.1 Å². The molecule has 3 aromatic rings. The summed E-state index contributed by atoms with van der Waals surface area (Å²) in [6.07, 6.45) is 8.98. The summed E-state index contributed by atoms with van der Waals surface area (Å²) in [5, 5.41) is 12.3. The Morgan fingerprint density at radius 2 is 1.69 bits per heavy atom. The van der Waals surface area contributed by atoms with Crippen molar-refractivity contribution >= 4 is 17.2 Å². The molecule has 174 valence electrons. The highest BCUT2D eigenvalue weighted by Gasteiger charge is 2.20. The summed E-state index contributed by atoms with van der Waals surface area (Å²) in [5.41, 5.74) is 3.67. The lowest BCUT2D eigenvalue weighted by molar-refractivity contribution is -0.120. The highest BCUT2D eigenvalue weighted by Crippen LogP contribution is 2.25. The molecule has 6 nitrogen and oxygen atoms in total. The first-order chi connectivity index (χ1) is 15.3. The molecule has 32 heavy (non-hydrogen) atoms. The summed E-state index contributed by atoms with van der Waals surface area (Å²) in [5.74, 6) is 1.01. The second-order valence-corrected chi connectivity index (χ2v) is 9.88. The van der Waals surface area contributed by atoms with Crippen molar-refractivity contribution in [3.8, 4) is 11.4 Å². The van der Waals surface area contributed by atoms with Crippen LogP contribution in [0.2, 0.25) is 0 Å². The second kappa shape index (κ2) is 10.8. The van der Waals surface area contributed by atoms with Crippen molar-refractivity contribution in [3.63, 3.8) is 0 Å². The molecular weight excluding hydrogens is 398 g/mol. The Morgan fingerprint density at radius 1 is 1.00 bits per heavy atom. The van der Waals surface area contributed by atoms with Crippen LogP contribution in [-0.2, 0) is 10.2 Å². The highest BCUT2D eigenvalue weighted by atomic mass is 16.1. The van der Waals surface area contributed by atoms with Crippen LogP contribution in [0.5, 0.6) is 0 Å². The average Bonchev–Trinajstić information content (AvgIpc) is 3.33. The molecule has 0 spiro atoms. The third kappa shape index (κ3) is 6.21. The number of fused-ring (bicyclic) bond motifs is 1. The third-order valence-electron chi connectivity index (χ3n) is 6.01. The van der Waals surface area contributed by atoms with Crippen LogP contribution in [0.4, 0.5) is 5.69 Å². The second-order valence-electron chi connectivity index (χ2n) is 9.88. The fraction of sp³-hybridized carbons (Fsp3) is 0.577. The Balaban J connectivity index is 1.64. The molecule has 1 unspecified atom stereocenters. The maximum Gasteiger partial charge on any atom is 0.227 e. The number of unbranched alkanes of at least 4 members (excludes halogenated alkanes) is 4. The van der Waals surface area contributed by atoms with Crippen molar-refractivity contribution < 1.29 is 4.79 Å². The molecule has 1 amide bonds. The number of nitrogens with one attached hydrogen (secondary N) is 2. The maximum atomic E-state index is 12.9. The van der Waals surface area contributed by atoms with Crippen LogP contribution < -0.4 is 5.32 Å². The van der Waals surface area contributed by atoms with Crippen LogP contribution in [-0.4, -0.2) is 25.7 Å². The van der Waals surface area contributed by atoms with Crippen molar-refractivity contribution in [1.29, 1.82) is 0 Å². The van der Waals surface area contributed by atoms with E-state index in [-0.39, 0.29) is 17.2 Å². The minimum Gasteiger partial charge on any atom is -0.326 e. The van der Waals surface area contributed by atoms with E-state index in [1.165, 1.54) is 19.3 Å². The number of H-pyrrole nitrogens is 1. The Hall–Kier alpha value is -2.63. The Bertz CT molecular complexity index is 962. The molecule has 2 heterocycles. The molecule has 0 aliphatic carbocycles. The van der Waals surface area contributed by atoms with E-state index in [1.807, 2.05) is 30.3 Å². The van der Waals surface area contributed by atoms with Crippen molar-refractivity contribution in [3.05, 3.63) is 36.0 Å². The van der Waals surface area contributed by atoms with Crippen LogP contribution in [0, 0.1) is 5.92 Å². The number of carbonyl (C=O) groups is 1. The van der Waals surface area contributed by atoms with E-state index in [0.717, 1.165) is 60.5 Å². The van der Waals surface area contributed by atoms with Crippen molar-refractivity contribution in [1.82, 2.24) is 19.8 Å². The molecule has 0 aliphatic heterocycles. The number of rotatable bonds is 11. The zero-order valence-corrected chi connectivity index (χ0v) is 20.4. The fourth-order valence-electron chi connectivity index (χ4n) is 3.90. The summed E-state index contributed by atoms with van der Waals surface area (Å²) >= 11 is 0. The number of benzene rings is 1. The maximum absolute atomic E-state index is 12.9. The topological polar surface area (TPSA) is 75.1 Å². The summed E-state index contributed by atoms with van der Waals surface area (Å²) in [4.78, 5) is 16.2. The van der Waals surface area contributed by atoms with Crippen molar-refractivity contribution in [2.45, 2.75) is 91.4 Å².